The third-order valence-electron chi connectivity index (χ3n) is 2.52. The van der Waals surface area contributed by atoms with E-state index >= 15 is 0 Å². The van der Waals surface area contributed by atoms with Crippen LogP contribution in [-0.4, -0.2) is 23.4 Å². The predicted octanol–water partition coefficient (Wildman–Crippen LogP) is 4.54. The first kappa shape index (κ1) is 18.8. The molecule has 0 bridgehead atoms. The van der Waals surface area contributed by atoms with Gasteiger partial charge in [-0.25, -0.2) is 0 Å². The number of aliphatic imine (C=N–C) groups is 1. The van der Waals surface area contributed by atoms with Gasteiger partial charge in [0.05, 0.1) is 12.1 Å². The quantitative estimate of drug-likeness (QED) is 0.347. The Bertz CT molecular complexity index is 505. The molecule has 0 heterocycles. The van der Waals surface area contributed by atoms with E-state index in [-0.39, 0.29) is 23.5 Å². The molecule has 22 heavy (non-hydrogen) atoms. The molecule has 0 spiro atoms. The van der Waals surface area contributed by atoms with Crippen LogP contribution in [-0.2, 0) is 12.7 Å². The number of nitrogens with one attached hydrogen (secondary N) is 1. The highest BCUT2D eigenvalue weighted by atomic mass is 79.9. The summed E-state index contributed by atoms with van der Waals surface area (Å²) in [6.07, 6.45) is -9.12. The van der Waals surface area contributed by atoms with Crippen molar-refractivity contribution in [2.75, 3.05) is 6.54 Å². The maximum atomic E-state index is 12.7. The molecule has 1 atom stereocenters. The van der Waals surface area contributed by atoms with E-state index in [2.05, 4.69) is 26.2 Å². The lowest BCUT2D eigenvalue weighted by atomic mass is 10.1. The van der Waals surface area contributed by atoms with Gasteiger partial charge in [-0.1, -0.05) is 35.0 Å². The van der Waals surface area contributed by atoms with Crippen molar-refractivity contribution in [3.8, 4) is 0 Å². The van der Waals surface area contributed by atoms with Crippen LogP contribution >= 0.6 is 15.9 Å². The molecule has 0 fully saturated rings. The predicted molar refractivity (Wildman–Crippen MR) is 75.0 cm³/mol. The van der Waals surface area contributed by atoms with E-state index in [1.54, 1.807) is 6.92 Å². The topological polar surface area (TPSA) is 24.4 Å². The molecule has 0 saturated carbocycles. The average Bonchev–Trinajstić information content (AvgIpc) is 2.36. The highest BCUT2D eigenvalue weighted by Crippen LogP contribution is 2.29. The molecule has 2 nitrogen and oxygen atoms in total. The highest BCUT2D eigenvalue weighted by molar-refractivity contribution is 9.09. The van der Waals surface area contributed by atoms with Crippen LogP contribution in [0.3, 0.4) is 0 Å². The maximum absolute atomic E-state index is 12.7. The van der Waals surface area contributed by atoms with Crippen LogP contribution in [0.5, 0.6) is 0 Å². The molecule has 0 aromatic heterocycles. The molecule has 124 valence electrons. The summed E-state index contributed by atoms with van der Waals surface area (Å²) < 4.78 is 75.3. The van der Waals surface area contributed by atoms with Crippen LogP contribution in [0.15, 0.2) is 29.3 Å². The van der Waals surface area contributed by atoms with Crippen LogP contribution in [0, 0.1) is 0 Å². The number of nitrogens with zero attached hydrogens (tertiary/aromatic N) is 1. The van der Waals surface area contributed by atoms with Gasteiger partial charge in [0.1, 0.15) is 0 Å². The van der Waals surface area contributed by atoms with Gasteiger partial charge in [0.25, 0.3) is 0 Å². The number of rotatable bonds is 4. The van der Waals surface area contributed by atoms with E-state index in [1.807, 2.05) is 0 Å². The standard InChI is InChI=1S/C13H13BrF6N2/c1-8(14)6-21-11(13(18,19)20)22-7-9-2-4-10(5-3-9)12(15,16)17/h2-5,8H,6-7H2,1H3,(H,21,22). The molecule has 0 aliphatic carbocycles. The third kappa shape index (κ3) is 6.25. The smallest absolute Gasteiger partial charge is 0.365 e. The average molecular weight is 391 g/mol. The van der Waals surface area contributed by atoms with Gasteiger partial charge in [-0.15, -0.1) is 0 Å². The summed E-state index contributed by atoms with van der Waals surface area (Å²) in [6.45, 7) is 1.32. The monoisotopic (exact) mass is 390 g/mol. The molecule has 1 rings (SSSR count). The summed E-state index contributed by atoms with van der Waals surface area (Å²) in [7, 11) is 0. The second kappa shape index (κ2) is 7.34. The largest absolute Gasteiger partial charge is 0.448 e. The van der Waals surface area contributed by atoms with Crippen molar-refractivity contribution < 1.29 is 26.3 Å². The molecule has 1 unspecified atom stereocenters. The van der Waals surface area contributed by atoms with Crippen LogP contribution in [0.25, 0.3) is 0 Å². The fourth-order valence-corrected chi connectivity index (χ4v) is 1.61. The summed E-state index contributed by atoms with van der Waals surface area (Å²) in [5, 5.41) is 2.16. The normalized spacial score (nSPS) is 14.8. The first-order valence-electron chi connectivity index (χ1n) is 6.16. The van der Waals surface area contributed by atoms with Crippen LogP contribution < -0.4 is 5.32 Å². The number of hydrogen-bond acceptors (Lipinski definition) is 1. The van der Waals surface area contributed by atoms with Crippen molar-refractivity contribution in [2.45, 2.75) is 30.6 Å². The molecule has 0 radical (unpaired) electrons. The summed E-state index contributed by atoms with van der Waals surface area (Å²) in [6, 6.07) is 3.83. The molecular formula is C13H13BrF6N2. The summed E-state index contributed by atoms with van der Waals surface area (Å²) >= 11 is 3.10. The third-order valence-corrected chi connectivity index (χ3v) is 2.84. The molecule has 9 heteroatoms. The number of amidine groups is 1. The summed E-state index contributed by atoms with van der Waals surface area (Å²) in [5.41, 5.74) is -0.606. The number of alkyl halides is 7. The number of halogens is 7. The van der Waals surface area contributed by atoms with Crippen molar-refractivity contribution in [1.29, 1.82) is 0 Å². The highest BCUT2D eigenvalue weighted by Gasteiger charge is 2.35. The summed E-state index contributed by atoms with van der Waals surface area (Å²) in [4.78, 5) is 3.22. The van der Waals surface area contributed by atoms with Gasteiger partial charge >= 0.3 is 12.4 Å². The molecule has 1 aromatic carbocycles. The molecule has 0 aliphatic rings. The van der Waals surface area contributed by atoms with Gasteiger partial charge < -0.3 is 5.32 Å². The lowest BCUT2D eigenvalue weighted by Gasteiger charge is -2.14. The molecular weight excluding hydrogens is 378 g/mol. The Balaban J connectivity index is 2.82. The van der Waals surface area contributed by atoms with Crippen molar-refractivity contribution in [2.24, 2.45) is 4.99 Å². The van der Waals surface area contributed by atoms with Crippen molar-refractivity contribution in [3.63, 3.8) is 0 Å². The van der Waals surface area contributed by atoms with E-state index in [0.717, 1.165) is 24.3 Å². The van der Waals surface area contributed by atoms with Gasteiger partial charge in [-0.3, -0.25) is 4.99 Å². The second-order valence-corrected chi connectivity index (χ2v) is 6.08. The van der Waals surface area contributed by atoms with Crippen molar-refractivity contribution >= 4 is 21.8 Å². The lowest BCUT2D eigenvalue weighted by molar-refractivity contribution is -0.137. The Morgan fingerprint density at radius 2 is 1.68 bits per heavy atom. The lowest BCUT2D eigenvalue weighted by Crippen LogP contribution is -2.39. The Kier molecular flexibility index (Phi) is 6.27. The van der Waals surface area contributed by atoms with Gasteiger partial charge in [0.2, 0.25) is 5.84 Å². The van der Waals surface area contributed by atoms with Gasteiger partial charge in [0.15, 0.2) is 0 Å². The van der Waals surface area contributed by atoms with Crippen molar-refractivity contribution in [1.82, 2.24) is 5.32 Å². The van der Waals surface area contributed by atoms with E-state index in [9.17, 15) is 26.3 Å². The first-order chi connectivity index (χ1) is 10.00. The van der Waals surface area contributed by atoms with Gasteiger partial charge in [-0.05, 0) is 17.7 Å². The van der Waals surface area contributed by atoms with E-state index in [1.165, 1.54) is 0 Å². The zero-order valence-electron chi connectivity index (χ0n) is 11.4. The molecule has 0 saturated heterocycles. The fourth-order valence-electron chi connectivity index (χ4n) is 1.45. The molecule has 1 N–H and O–H groups in total. The van der Waals surface area contributed by atoms with E-state index in [0.29, 0.717) is 0 Å². The zero-order valence-corrected chi connectivity index (χ0v) is 13.0. The van der Waals surface area contributed by atoms with Crippen LogP contribution in [0.1, 0.15) is 18.1 Å². The molecule has 1 aromatic rings. The number of benzene rings is 1. The SMILES string of the molecule is CC(Br)CNC(=NCc1ccc(C(F)(F)F)cc1)C(F)(F)F. The minimum Gasteiger partial charge on any atom is -0.365 e. The zero-order chi connectivity index (χ0) is 17.0. The summed E-state index contributed by atoms with van der Waals surface area (Å²) in [5.74, 6) is -1.15. The Morgan fingerprint density at radius 3 is 2.09 bits per heavy atom. The van der Waals surface area contributed by atoms with Crippen LogP contribution in [0.2, 0.25) is 0 Å². The first-order valence-corrected chi connectivity index (χ1v) is 7.07. The van der Waals surface area contributed by atoms with E-state index < -0.39 is 23.8 Å². The molecule has 0 aliphatic heterocycles. The Labute approximate surface area is 131 Å². The Morgan fingerprint density at radius 1 is 1.14 bits per heavy atom. The van der Waals surface area contributed by atoms with Crippen LogP contribution in [0.4, 0.5) is 26.3 Å². The van der Waals surface area contributed by atoms with Gasteiger partial charge in [0, 0.05) is 11.4 Å². The molecule has 0 amide bonds. The fraction of sp³-hybridized carbons (Fsp3) is 0.462. The minimum absolute atomic E-state index is 0.0192. The maximum Gasteiger partial charge on any atom is 0.448 e. The van der Waals surface area contributed by atoms with Crippen molar-refractivity contribution in [3.05, 3.63) is 35.4 Å². The Hall–Kier alpha value is -1.25. The second-order valence-electron chi connectivity index (χ2n) is 4.52. The van der Waals surface area contributed by atoms with Gasteiger partial charge in [-0.2, -0.15) is 26.3 Å². The number of hydrogen-bond donors (Lipinski definition) is 1. The van der Waals surface area contributed by atoms with E-state index in [4.69, 9.17) is 0 Å². The minimum atomic E-state index is -4.65.